The summed E-state index contributed by atoms with van der Waals surface area (Å²) >= 11 is 7.34. The van der Waals surface area contributed by atoms with E-state index in [-0.39, 0.29) is 0 Å². The van der Waals surface area contributed by atoms with Crippen LogP contribution in [0.25, 0.3) is 10.9 Å². The zero-order valence-corrected chi connectivity index (χ0v) is 17.9. The molecule has 31 heavy (non-hydrogen) atoms. The first kappa shape index (κ1) is 22.3. The molecule has 7 nitrogen and oxygen atoms in total. The number of fused-ring (bicyclic) bond motifs is 1. The normalized spacial score (nSPS) is 26.4. The molecule has 1 fully saturated rings. The first-order chi connectivity index (χ1) is 14.8. The zero-order valence-electron chi connectivity index (χ0n) is 16.4. The fraction of sp³-hybridized carbons (Fsp3) is 0.333. The Kier molecular flexibility index (Phi) is 6.45. The van der Waals surface area contributed by atoms with Crippen LogP contribution in [0.5, 0.6) is 5.75 Å². The van der Waals surface area contributed by atoms with Crippen molar-refractivity contribution in [1.29, 1.82) is 0 Å². The van der Waals surface area contributed by atoms with Gasteiger partial charge in [-0.1, -0.05) is 29.4 Å². The molecular formula is C21H21ClFNO6S. The molecule has 0 bridgehead atoms. The van der Waals surface area contributed by atoms with Crippen molar-refractivity contribution in [2.75, 3.05) is 13.7 Å². The van der Waals surface area contributed by atoms with Crippen LogP contribution in [0.4, 0.5) is 4.39 Å². The number of aliphatic hydroxyl groups excluding tert-OH is 4. The number of hydrogen-bond acceptors (Lipinski definition) is 7. The molecule has 1 aliphatic rings. The van der Waals surface area contributed by atoms with Gasteiger partial charge in [0.05, 0.1) is 19.2 Å². The predicted octanol–water partition coefficient (Wildman–Crippen LogP) is 2.57. The van der Waals surface area contributed by atoms with Crippen molar-refractivity contribution in [1.82, 2.24) is 4.57 Å². The Bertz CT molecular complexity index is 1090. The summed E-state index contributed by atoms with van der Waals surface area (Å²) in [6, 6.07) is 9.66. The highest BCUT2D eigenvalue weighted by atomic mass is 35.5. The number of methoxy groups -OCH3 is 1. The summed E-state index contributed by atoms with van der Waals surface area (Å²) in [7, 11) is 1.46. The summed E-state index contributed by atoms with van der Waals surface area (Å²) < 4.78 is 26.8. The fourth-order valence-corrected chi connectivity index (χ4v) is 4.75. The summed E-state index contributed by atoms with van der Waals surface area (Å²) in [5.74, 6) is -0.0515. The van der Waals surface area contributed by atoms with Crippen molar-refractivity contribution in [3.05, 3.63) is 53.4 Å². The molecule has 4 rings (SSSR count). The molecule has 4 N–H and O–H groups in total. The largest absolute Gasteiger partial charge is 0.497 e. The highest BCUT2D eigenvalue weighted by Crippen LogP contribution is 2.41. The first-order valence-corrected chi connectivity index (χ1v) is 10.7. The lowest BCUT2D eigenvalue weighted by atomic mass is 9.98. The maximum Gasteiger partial charge on any atom is 0.163 e. The van der Waals surface area contributed by atoms with E-state index >= 15 is 0 Å². The summed E-state index contributed by atoms with van der Waals surface area (Å²) in [5.41, 5.74) is 0.577. The topological polar surface area (TPSA) is 104 Å². The lowest BCUT2D eigenvalue weighted by Crippen LogP contribution is -2.56. The van der Waals surface area contributed by atoms with Crippen molar-refractivity contribution < 1.29 is 34.3 Å². The molecule has 1 aliphatic heterocycles. The van der Waals surface area contributed by atoms with Crippen LogP contribution in [-0.2, 0) is 4.74 Å². The van der Waals surface area contributed by atoms with Gasteiger partial charge in [0.1, 0.15) is 36.0 Å². The lowest BCUT2D eigenvalue weighted by Gasteiger charge is -2.40. The van der Waals surface area contributed by atoms with Gasteiger partial charge in [0.2, 0.25) is 0 Å². The minimum absolute atomic E-state index is 0.364. The van der Waals surface area contributed by atoms with Crippen LogP contribution in [0.1, 0.15) is 6.23 Å². The standard InChI is InChI=1S/C21H21ClFNO6S/c1-29-11-3-5-16(13(23)7-11)31-17-8-24(14-6-10(22)2-4-12(14)17)21-20(28)19(27)18(26)15(9-25)30-21/h2-8,15,18-21,25-28H,9H2,1H3/t15-,18-,19+,20-,21-/m1/s1. The van der Waals surface area contributed by atoms with E-state index in [9.17, 15) is 24.8 Å². The van der Waals surface area contributed by atoms with E-state index in [1.165, 1.54) is 24.9 Å². The summed E-state index contributed by atoms with van der Waals surface area (Å²) in [4.78, 5) is 1.02. The van der Waals surface area contributed by atoms with Gasteiger partial charge in [-0.15, -0.1) is 0 Å². The Morgan fingerprint density at radius 3 is 2.55 bits per heavy atom. The van der Waals surface area contributed by atoms with E-state index in [2.05, 4.69) is 0 Å². The Hall–Kier alpha value is -1.85. The van der Waals surface area contributed by atoms with Crippen LogP contribution >= 0.6 is 23.4 Å². The maximum absolute atomic E-state index is 14.5. The monoisotopic (exact) mass is 469 g/mol. The fourth-order valence-electron chi connectivity index (χ4n) is 3.61. The number of aromatic nitrogens is 1. The Balaban J connectivity index is 1.78. The molecule has 0 radical (unpaired) electrons. The van der Waals surface area contributed by atoms with Crippen LogP contribution in [0.2, 0.25) is 5.02 Å². The molecule has 1 aromatic heterocycles. The number of nitrogens with zero attached hydrogens (tertiary/aromatic N) is 1. The average Bonchev–Trinajstić information content (AvgIpc) is 3.11. The number of rotatable bonds is 5. The van der Waals surface area contributed by atoms with E-state index < -0.39 is 43.1 Å². The molecule has 0 aliphatic carbocycles. The van der Waals surface area contributed by atoms with E-state index in [0.29, 0.717) is 26.1 Å². The second-order valence-corrected chi connectivity index (χ2v) is 8.70. The molecule has 0 amide bonds. The lowest BCUT2D eigenvalue weighted by molar-refractivity contribution is -0.250. The molecule has 0 spiro atoms. The van der Waals surface area contributed by atoms with Gasteiger partial charge >= 0.3 is 0 Å². The zero-order chi connectivity index (χ0) is 22.3. The molecule has 10 heteroatoms. The van der Waals surface area contributed by atoms with Gasteiger partial charge in [-0.25, -0.2) is 4.39 Å². The molecule has 0 unspecified atom stereocenters. The van der Waals surface area contributed by atoms with Crippen molar-refractivity contribution in [2.24, 2.45) is 0 Å². The van der Waals surface area contributed by atoms with E-state index in [1.54, 1.807) is 41.1 Å². The number of aliphatic hydroxyl groups is 4. The molecule has 2 heterocycles. The number of ether oxygens (including phenoxy) is 2. The molecule has 3 aromatic rings. The summed E-state index contributed by atoms with van der Waals surface area (Å²) in [6.07, 6.45) is -4.97. The molecule has 5 atom stereocenters. The number of halogens is 2. The van der Waals surface area contributed by atoms with Gasteiger partial charge < -0.3 is 34.5 Å². The minimum atomic E-state index is -1.53. The number of hydrogen-bond donors (Lipinski definition) is 4. The Morgan fingerprint density at radius 1 is 1.10 bits per heavy atom. The van der Waals surface area contributed by atoms with Gasteiger partial charge in [0, 0.05) is 32.5 Å². The first-order valence-electron chi connectivity index (χ1n) is 9.46. The number of benzene rings is 2. The average molecular weight is 470 g/mol. The van der Waals surface area contributed by atoms with Crippen molar-refractivity contribution in [3.63, 3.8) is 0 Å². The van der Waals surface area contributed by atoms with Crippen molar-refractivity contribution in [3.8, 4) is 5.75 Å². The third kappa shape index (κ3) is 4.14. The Labute approximate surface area is 186 Å². The third-order valence-corrected chi connectivity index (χ3v) is 6.59. The van der Waals surface area contributed by atoms with Crippen LogP contribution in [-0.4, -0.2) is 63.1 Å². The van der Waals surface area contributed by atoms with Crippen LogP contribution in [0.3, 0.4) is 0 Å². The highest BCUT2D eigenvalue weighted by Gasteiger charge is 2.44. The third-order valence-electron chi connectivity index (χ3n) is 5.26. The predicted molar refractivity (Wildman–Crippen MR) is 113 cm³/mol. The molecule has 0 saturated carbocycles. The van der Waals surface area contributed by atoms with Crippen LogP contribution in [0, 0.1) is 5.82 Å². The SMILES string of the molecule is COc1ccc(Sc2cn([C@@H]3O[C@H](CO)[C@@H](O)[C@H](O)[C@H]3O)c3cc(Cl)ccc23)c(F)c1. The van der Waals surface area contributed by atoms with Gasteiger partial charge in [-0.3, -0.25) is 0 Å². The summed E-state index contributed by atoms with van der Waals surface area (Å²) in [5, 5.41) is 41.5. The van der Waals surface area contributed by atoms with E-state index in [4.69, 9.17) is 21.1 Å². The molecule has 166 valence electrons. The van der Waals surface area contributed by atoms with Gasteiger partial charge in [-0.05, 0) is 24.3 Å². The quantitative estimate of drug-likeness (QED) is 0.455. The maximum atomic E-state index is 14.5. The van der Waals surface area contributed by atoms with E-state index in [1.807, 2.05) is 0 Å². The summed E-state index contributed by atoms with van der Waals surface area (Å²) in [6.45, 7) is -0.542. The minimum Gasteiger partial charge on any atom is -0.497 e. The molecule has 2 aromatic carbocycles. The van der Waals surface area contributed by atoms with Gasteiger partial charge in [0.25, 0.3) is 0 Å². The smallest absolute Gasteiger partial charge is 0.163 e. The van der Waals surface area contributed by atoms with Crippen molar-refractivity contribution in [2.45, 2.75) is 40.4 Å². The van der Waals surface area contributed by atoms with Gasteiger partial charge in [0.15, 0.2) is 6.23 Å². The second kappa shape index (κ2) is 8.95. The molecular weight excluding hydrogens is 449 g/mol. The molecule has 1 saturated heterocycles. The highest BCUT2D eigenvalue weighted by molar-refractivity contribution is 7.99. The van der Waals surface area contributed by atoms with Crippen LogP contribution in [0.15, 0.2) is 52.4 Å². The second-order valence-electron chi connectivity index (χ2n) is 7.18. The van der Waals surface area contributed by atoms with Crippen LogP contribution < -0.4 is 4.74 Å². The van der Waals surface area contributed by atoms with Crippen molar-refractivity contribution >= 4 is 34.3 Å². The van der Waals surface area contributed by atoms with Gasteiger partial charge in [-0.2, -0.15) is 0 Å². The van der Waals surface area contributed by atoms with E-state index in [0.717, 1.165) is 5.39 Å². The Morgan fingerprint density at radius 2 is 1.87 bits per heavy atom.